The third-order valence-electron chi connectivity index (χ3n) is 3.29. The lowest BCUT2D eigenvalue weighted by molar-refractivity contribution is 0.340. The lowest BCUT2D eigenvalue weighted by atomic mass is 10.1. The Kier molecular flexibility index (Phi) is 2.42. The van der Waals surface area contributed by atoms with E-state index in [-0.39, 0.29) is 6.04 Å². The summed E-state index contributed by atoms with van der Waals surface area (Å²) in [6.07, 6.45) is 0. The standard InChI is InChI=1S/C15H12N2OS/c1-3-7-13-10(5-1)12(9-18-13)17-15-16-11-6-2-4-8-14(11)19-15/h1-8,12H,9H2,(H,16,17). The number of thiazole rings is 1. The number of ether oxygens (including phenoxy) is 1. The number of nitrogens with zero attached hydrogens (tertiary/aromatic N) is 1. The SMILES string of the molecule is c1ccc2c(c1)OCC2Nc1nc2ccccc2s1. The highest BCUT2D eigenvalue weighted by Gasteiger charge is 2.24. The molecule has 0 saturated carbocycles. The van der Waals surface area contributed by atoms with Gasteiger partial charge in [0.1, 0.15) is 12.4 Å². The monoisotopic (exact) mass is 268 g/mol. The maximum absolute atomic E-state index is 5.67. The van der Waals surface area contributed by atoms with Gasteiger partial charge in [0.2, 0.25) is 0 Å². The third-order valence-corrected chi connectivity index (χ3v) is 4.26. The summed E-state index contributed by atoms with van der Waals surface area (Å²) in [6, 6.07) is 16.5. The first-order valence-electron chi connectivity index (χ1n) is 6.24. The molecule has 4 rings (SSSR count). The quantitative estimate of drug-likeness (QED) is 0.766. The van der Waals surface area contributed by atoms with Crippen molar-refractivity contribution in [1.29, 1.82) is 0 Å². The Hall–Kier alpha value is -2.07. The summed E-state index contributed by atoms with van der Waals surface area (Å²) in [7, 11) is 0. The molecule has 0 fully saturated rings. The van der Waals surface area contributed by atoms with Crippen LogP contribution in [0.3, 0.4) is 0 Å². The predicted molar refractivity (Wildman–Crippen MR) is 77.9 cm³/mol. The van der Waals surface area contributed by atoms with E-state index in [0.29, 0.717) is 6.61 Å². The minimum Gasteiger partial charge on any atom is -0.491 e. The molecule has 1 aliphatic heterocycles. The van der Waals surface area contributed by atoms with E-state index in [2.05, 4.69) is 22.4 Å². The molecule has 2 aromatic carbocycles. The van der Waals surface area contributed by atoms with Crippen molar-refractivity contribution in [2.24, 2.45) is 0 Å². The van der Waals surface area contributed by atoms with Crippen LogP contribution >= 0.6 is 11.3 Å². The van der Waals surface area contributed by atoms with Gasteiger partial charge in [-0.15, -0.1) is 0 Å². The summed E-state index contributed by atoms with van der Waals surface area (Å²) in [6.45, 7) is 0.662. The molecule has 1 unspecified atom stereocenters. The Labute approximate surface area is 114 Å². The number of benzene rings is 2. The van der Waals surface area contributed by atoms with Gasteiger partial charge in [0.05, 0.1) is 16.3 Å². The molecular weight excluding hydrogens is 256 g/mol. The van der Waals surface area contributed by atoms with E-state index in [1.165, 1.54) is 10.3 Å². The lowest BCUT2D eigenvalue weighted by Crippen LogP contribution is -2.11. The van der Waals surface area contributed by atoms with E-state index >= 15 is 0 Å². The van der Waals surface area contributed by atoms with Crippen molar-refractivity contribution >= 4 is 26.7 Å². The van der Waals surface area contributed by atoms with Crippen LogP contribution in [-0.4, -0.2) is 11.6 Å². The second kappa shape index (κ2) is 4.24. The molecule has 3 aromatic rings. The number of nitrogens with one attached hydrogen (secondary N) is 1. The van der Waals surface area contributed by atoms with Gasteiger partial charge in [0, 0.05) is 5.56 Å². The van der Waals surface area contributed by atoms with Crippen LogP contribution < -0.4 is 10.1 Å². The van der Waals surface area contributed by atoms with Gasteiger partial charge in [-0.25, -0.2) is 4.98 Å². The second-order valence-electron chi connectivity index (χ2n) is 4.53. The van der Waals surface area contributed by atoms with Gasteiger partial charge in [0.15, 0.2) is 5.13 Å². The molecule has 0 amide bonds. The van der Waals surface area contributed by atoms with Crippen molar-refractivity contribution < 1.29 is 4.74 Å². The highest BCUT2D eigenvalue weighted by Crippen LogP contribution is 2.35. The van der Waals surface area contributed by atoms with Gasteiger partial charge in [-0.2, -0.15) is 0 Å². The van der Waals surface area contributed by atoms with E-state index in [1.54, 1.807) is 11.3 Å². The fraction of sp³-hybridized carbons (Fsp3) is 0.133. The Morgan fingerprint density at radius 3 is 2.89 bits per heavy atom. The molecule has 0 saturated heterocycles. The highest BCUT2D eigenvalue weighted by atomic mass is 32.1. The molecule has 0 spiro atoms. The van der Waals surface area contributed by atoms with Crippen LogP contribution in [0.25, 0.3) is 10.2 Å². The lowest BCUT2D eigenvalue weighted by Gasteiger charge is -2.09. The van der Waals surface area contributed by atoms with Crippen LogP contribution in [-0.2, 0) is 0 Å². The molecular formula is C15H12N2OS. The number of rotatable bonds is 2. The van der Waals surface area contributed by atoms with Crippen LogP contribution in [0.5, 0.6) is 5.75 Å². The molecule has 0 aliphatic carbocycles. The number of anilines is 1. The van der Waals surface area contributed by atoms with E-state index in [1.807, 2.05) is 36.4 Å². The van der Waals surface area contributed by atoms with Crippen molar-refractivity contribution in [3.8, 4) is 5.75 Å². The van der Waals surface area contributed by atoms with Gasteiger partial charge in [-0.3, -0.25) is 0 Å². The molecule has 1 N–H and O–H groups in total. The second-order valence-corrected chi connectivity index (χ2v) is 5.56. The molecule has 0 radical (unpaired) electrons. The van der Waals surface area contributed by atoms with Crippen LogP contribution in [0.15, 0.2) is 48.5 Å². The van der Waals surface area contributed by atoms with Gasteiger partial charge in [0.25, 0.3) is 0 Å². The minimum absolute atomic E-state index is 0.191. The average molecular weight is 268 g/mol. The summed E-state index contributed by atoms with van der Waals surface area (Å²) in [5.74, 6) is 0.973. The largest absolute Gasteiger partial charge is 0.491 e. The first-order valence-corrected chi connectivity index (χ1v) is 7.06. The molecule has 4 heteroatoms. The summed E-state index contributed by atoms with van der Waals surface area (Å²) in [5, 5.41) is 4.42. The Bertz CT molecular complexity index is 705. The Morgan fingerprint density at radius 1 is 1.11 bits per heavy atom. The van der Waals surface area contributed by atoms with E-state index in [0.717, 1.165) is 16.4 Å². The first-order chi connectivity index (χ1) is 9.40. The van der Waals surface area contributed by atoms with E-state index < -0.39 is 0 Å². The van der Waals surface area contributed by atoms with Crippen LogP contribution in [0.4, 0.5) is 5.13 Å². The van der Waals surface area contributed by atoms with Gasteiger partial charge in [-0.05, 0) is 18.2 Å². The fourth-order valence-corrected chi connectivity index (χ4v) is 3.28. The number of hydrogen-bond donors (Lipinski definition) is 1. The molecule has 1 atom stereocenters. The van der Waals surface area contributed by atoms with Gasteiger partial charge >= 0.3 is 0 Å². The molecule has 1 aromatic heterocycles. The number of hydrogen-bond acceptors (Lipinski definition) is 4. The zero-order valence-corrected chi connectivity index (χ0v) is 11.0. The van der Waals surface area contributed by atoms with Crippen LogP contribution in [0.1, 0.15) is 11.6 Å². The molecule has 1 aliphatic rings. The number of aromatic nitrogens is 1. The van der Waals surface area contributed by atoms with Crippen molar-refractivity contribution in [3.63, 3.8) is 0 Å². The van der Waals surface area contributed by atoms with Crippen molar-refractivity contribution in [1.82, 2.24) is 4.98 Å². The minimum atomic E-state index is 0.191. The summed E-state index contributed by atoms with van der Waals surface area (Å²) in [5.41, 5.74) is 2.25. The average Bonchev–Trinajstić information content (AvgIpc) is 3.03. The summed E-state index contributed by atoms with van der Waals surface area (Å²) >= 11 is 1.68. The fourth-order valence-electron chi connectivity index (χ4n) is 2.37. The van der Waals surface area contributed by atoms with E-state index in [9.17, 15) is 0 Å². The van der Waals surface area contributed by atoms with Crippen molar-refractivity contribution in [2.75, 3.05) is 11.9 Å². The Morgan fingerprint density at radius 2 is 1.95 bits per heavy atom. The zero-order valence-electron chi connectivity index (χ0n) is 10.2. The molecule has 19 heavy (non-hydrogen) atoms. The van der Waals surface area contributed by atoms with E-state index in [4.69, 9.17) is 4.74 Å². The number of fused-ring (bicyclic) bond motifs is 2. The van der Waals surface area contributed by atoms with Gasteiger partial charge < -0.3 is 10.1 Å². The molecule has 2 heterocycles. The zero-order chi connectivity index (χ0) is 12.7. The normalized spacial score (nSPS) is 17.2. The summed E-state index contributed by atoms with van der Waals surface area (Å²) < 4.78 is 6.88. The maximum Gasteiger partial charge on any atom is 0.184 e. The van der Waals surface area contributed by atoms with Crippen LogP contribution in [0.2, 0.25) is 0 Å². The summed E-state index contributed by atoms with van der Waals surface area (Å²) in [4.78, 5) is 4.60. The van der Waals surface area contributed by atoms with Crippen molar-refractivity contribution in [2.45, 2.75) is 6.04 Å². The van der Waals surface area contributed by atoms with Crippen molar-refractivity contribution in [3.05, 3.63) is 54.1 Å². The molecule has 0 bridgehead atoms. The molecule has 3 nitrogen and oxygen atoms in total. The molecule has 94 valence electrons. The Balaban J connectivity index is 1.65. The topological polar surface area (TPSA) is 34.1 Å². The smallest absolute Gasteiger partial charge is 0.184 e. The maximum atomic E-state index is 5.67. The predicted octanol–water partition coefficient (Wildman–Crippen LogP) is 3.84. The number of para-hydroxylation sites is 2. The first kappa shape index (κ1) is 10.8. The van der Waals surface area contributed by atoms with Gasteiger partial charge in [-0.1, -0.05) is 41.7 Å². The third kappa shape index (κ3) is 1.85. The van der Waals surface area contributed by atoms with Crippen LogP contribution in [0, 0.1) is 0 Å². The highest BCUT2D eigenvalue weighted by molar-refractivity contribution is 7.22.